The van der Waals surface area contributed by atoms with E-state index in [1.54, 1.807) is 6.20 Å². The molecule has 1 atom stereocenters. The van der Waals surface area contributed by atoms with Crippen molar-refractivity contribution in [2.45, 2.75) is 38.0 Å². The number of fused-ring (bicyclic) bond motifs is 1. The molecule has 2 aromatic carbocycles. The molecule has 7 heteroatoms. The van der Waals surface area contributed by atoms with Crippen LogP contribution in [0.2, 0.25) is 0 Å². The Balaban J connectivity index is 1.43. The smallest absolute Gasteiger partial charge is 0.392 e. The van der Waals surface area contributed by atoms with Gasteiger partial charge in [-0.2, -0.15) is 13.2 Å². The Morgan fingerprint density at radius 2 is 1.76 bits per heavy atom. The van der Waals surface area contributed by atoms with Crippen LogP contribution in [-0.2, 0) is 23.8 Å². The highest BCUT2D eigenvalue weighted by Gasteiger charge is 2.30. The zero-order valence-electron chi connectivity index (χ0n) is 15.6. The predicted octanol–water partition coefficient (Wildman–Crippen LogP) is 4.68. The Labute approximate surface area is 165 Å². The Morgan fingerprint density at radius 1 is 1.10 bits per heavy atom. The number of anilines is 1. The molecule has 1 amide bonds. The second-order valence-electron chi connectivity index (χ2n) is 7.60. The van der Waals surface area contributed by atoms with E-state index < -0.39 is 17.8 Å². The molecule has 0 saturated heterocycles. The lowest BCUT2D eigenvalue weighted by Crippen LogP contribution is -2.14. The van der Waals surface area contributed by atoms with Crippen molar-refractivity contribution < 1.29 is 23.1 Å². The molecule has 3 aromatic rings. The number of amides is 1. The fraction of sp³-hybridized carbons (Fsp3) is 0.318. The SMILES string of the molecule is O=C(Nc1c[nH]c2ccc(C[C@H](O)Cc3ccc(C(F)(F)F)cc3)cc12)C1CC1. The fourth-order valence-electron chi connectivity index (χ4n) is 3.42. The first-order valence-corrected chi connectivity index (χ1v) is 9.54. The second-order valence-corrected chi connectivity index (χ2v) is 7.60. The minimum Gasteiger partial charge on any atom is -0.392 e. The topological polar surface area (TPSA) is 65.1 Å². The van der Waals surface area contributed by atoms with Crippen molar-refractivity contribution >= 4 is 22.5 Å². The average Bonchev–Trinajstić information content (AvgIpc) is 3.44. The number of aromatic nitrogens is 1. The van der Waals surface area contributed by atoms with Gasteiger partial charge in [0, 0.05) is 23.0 Å². The highest BCUT2D eigenvalue weighted by atomic mass is 19.4. The average molecular weight is 402 g/mol. The van der Waals surface area contributed by atoms with E-state index in [9.17, 15) is 23.1 Å². The van der Waals surface area contributed by atoms with Crippen LogP contribution >= 0.6 is 0 Å². The summed E-state index contributed by atoms with van der Waals surface area (Å²) in [6.45, 7) is 0. The normalized spacial score (nSPS) is 15.4. The number of halogens is 3. The van der Waals surface area contributed by atoms with E-state index in [0.717, 1.165) is 47.1 Å². The van der Waals surface area contributed by atoms with E-state index in [2.05, 4.69) is 10.3 Å². The summed E-state index contributed by atoms with van der Waals surface area (Å²) in [5.41, 5.74) is 2.44. The van der Waals surface area contributed by atoms with E-state index in [1.807, 2.05) is 18.2 Å². The maximum atomic E-state index is 12.7. The number of carbonyl (C=O) groups is 1. The molecule has 1 fully saturated rings. The molecule has 152 valence electrons. The second kappa shape index (κ2) is 7.55. The van der Waals surface area contributed by atoms with Crippen LogP contribution in [0.3, 0.4) is 0 Å². The lowest BCUT2D eigenvalue weighted by Gasteiger charge is -2.12. The van der Waals surface area contributed by atoms with Crippen molar-refractivity contribution in [3.8, 4) is 0 Å². The Bertz CT molecular complexity index is 1020. The van der Waals surface area contributed by atoms with E-state index in [0.29, 0.717) is 12.0 Å². The summed E-state index contributed by atoms with van der Waals surface area (Å²) in [7, 11) is 0. The van der Waals surface area contributed by atoms with Crippen molar-refractivity contribution in [1.29, 1.82) is 0 Å². The molecule has 0 aliphatic heterocycles. The number of benzene rings is 2. The van der Waals surface area contributed by atoms with Crippen LogP contribution in [0.1, 0.15) is 29.5 Å². The first kappa shape index (κ1) is 19.5. The molecule has 1 aromatic heterocycles. The van der Waals surface area contributed by atoms with Crippen molar-refractivity contribution in [2.75, 3.05) is 5.32 Å². The number of aromatic amines is 1. The first-order chi connectivity index (χ1) is 13.8. The summed E-state index contributed by atoms with van der Waals surface area (Å²) >= 11 is 0. The molecular formula is C22H21F3N2O2. The minimum absolute atomic E-state index is 0.0265. The Morgan fingerprint density at radius 3 is 2.41 bits per heavy atom. The monoisotopic (exact) mass is 402 g/mol. The van der Waals surface area contributed by atoms with E-state index in [1.165, 1.54) is 12.1 Å². The van der Waals surface area contributed by atoms with Gasteiger partial charge in [0.25, 0.3) is 0 Å². The molecule has 1 saturated carbocycles. The van der Waals surface area contributed by atoms with Gasteiger partial charge in [0.1, 0.15) is 0 Å². The molecule has 0 unspecified atom stereocenters. The largest absolute Gasteiger partial charge is 0.416 e. The number of rotatable bonds is 6. The van der Waals surface area contributed by atoms with Crippen molar-refractivity contribution in [3.05, 3.63) is 65.4 Å². The van der Waals surface area contributed by atoms with Crippen LogP contribution < -0.4 is 5.32 Å². The number of H-pyrrole nitrogens is 1. The molecule has 0 bridgehead atoms. The lowest BCUT2D eigenvalue weighted by molar-refractivity contribution is -0.137. The molecule has 1 aliphatic carbocycles. The molecule has 4 rings (SSSR count). The molecule has 1 heterocycles. The first-order valence-electron chi connectivity index (χ1n) is 9.54. The van der Waals surface area contributed by atoms with Gasteiger partial charge in [-0.1, -0.05) is 18.2 Å². The van der Waals surface area contributed by atoms with Crippen LogP contribution in [0.15, 0.2) is 48.7 Å². The molecule has 4 nitrogen and oxygen atoms in total. The van der Waals surface area contributed by atoms with Gasteiger partial charge in [-0.15, -0.1) is 0 Å². The van der Waals surface area contributed by atoms with Gasteiger partial charge in [0.2, 0.25) is 5.91 Å². The van der Waals surface area contributed by atoms with Crippen LogP contribution in [0.5, 0.6) is 0 Å². The van der Waals surface area contributed by atoms with Gasteiger partial charge >= 0.3 is 6.18 Å². The molecule has 0 spiro atoms. The van der Waals surface area contributed by atoms with Gasteiger partial charge in [-0.25, -0.2) is 0 Å². The maximum absolute atomic E-state index is 12.7. The van der Waals surface area contributed by atoms with Crippen LogP contribution in [0.4, 0.5) is 18.9 Å². The van der Waals surface area contributed by atoms with Crippen molar-refractivity contribution in [1.82, 2.24) is 4.98 Å². The van der Waals surface area contributed by atoms with Crippen LogP contribution in [-0.4, -0.2) is 22.1 Å². The van der Waals surface area contributed by atoms with Gasteiger partial charge in [-0.05, 0) is 61.1 Å². The zero-order valence-corrected chi connectivity index (χ0v) is 15.6. The van der Waals surface area contributed by atoms with Gasteiger partial charge in [0.05, 0.1) is 17.4 Å². The number of aliphatic hydroxyl groups is 1. The minimum atomic E-state index is -4.37. The quantitative estimate of drug-likeness (QED) is 0.561. The predicted molar refractivity (Wildman–Crippen MR) is 105 cm³/mol. The molecule has 3 N–H and O–H groups in total. The third-order valence-corrected chi connectivity index (χ3v) is 5.18. The highest BCUT2D eigenvalue weighted by molar-refractivity contribution is 6.03. The van der Waals surface area contributed by atoms with Crippen molar-refractivity contribution in [3.63, 3.8) is 0 Å². The van der Waals surface area contributed by atoms with Gasteiger partial charge < -0.3 is 15.4 Å². The number of aliphatic hydroxyl groups excluding tert-OH is 1. The Hall–Kier alpha value is -2.80. The summed E-state index contributed by atoms with van der Waals surface area (Å²) in [6, 6.07) is 10.6. The number of carbonyl (C=O) groups excluding carboxylic acids is 1. The molecule has 29 heavy (non-hydrogen) atoms. The fourth-order valence-corrected chi connectivity index (χ4v) is 3.42. The highest BCUT2D eigenvalue weighted by Crippen LogP contribution is 2.32. The summed E-state index contributed by atoms with van der Waals surface area (Å²) in [6.07, 6.45) is -0.867. The van der Waals surface area contributed by atoms with Gasteiger partial charge in [-0.3, -0.25) is 4.79 Å². The molecule has 1 aliphatic rings. The summed E-state index contributed by atoms with van der Waals surface area (Å²) in [4.78, 5) is 15.2. The zero-order chi connectivity index (χ0) is 20.6. The third-order valence-electron chi connectivity index (χ3n) is 5.18. The Kier molecular flexibility index (Phi) is 5.08. The van der Waals surface area contributed by atoms with Crippen LogP contribution in [0, 0.1) is 5.92 Å². The van der Waals surface area contributed by atoms with Crippen LogP contribution in [0.25, 0.3) is 10.9 Å². The number of hydrogen-bond acceptors (Lipinski definition) is 2. The number of nitrogens with one attached hydrogen (secondary N) is 2. The lowest BCUT2D eigenvalue weighted by atomic mass is 9.99. The molecule has 0 radical (unpaired) electrons. The van der Waals surface area contributed by atoms with E-state index >= 15 is 0 Å². The standard InChI is InChI=1S/C22H21F3N2O2/c23-22(24,25)16-6-1-13(2-7-16)9-17(28)10-14-3-8-19-18(11-14)20(12-26-19)27-21(29)15-4-5-15/h1-3,6-8,11-12,15,17,26,28H,4-5,9-10H2,(H,27,29)/t17-/m1/s1. The summed E-state index contributed by atoms with van der Waals surface area (Å²) < 4.78 is 38.0. The van der Waals surface area contributed by atoms with E-state index in [4.69, 9.17) is 0 Å². The number of alkyl halides is 3. The maximum Gasteiger partial charge on any atom is 0.416 e. The summed E-state index contributed by atoms with van der Waals surface area (Å²) in [5, 5.41) is 14.2. The third kappa shape index (κ3) is 4.62. The summed E-state index contributed by atoms with van der Waals surface area (Å²) in [5.74, 6) is 0.132. The van der Waals surface area contributed by atoms with E-state index in [-0.39, 0.29) is 18.2 Å². The number of hydrogen-bond donors (Lipinski definition) is 3. The van der Waals surface area contributed by atoms with Gasteiger partial charge in [0.15, 0.2) is 0 Å². The molecular weight excluding hydrogens is 381 g/mol. The van der Waals surface area contributed by atoms with Crippen molar-refractivity contribution in [2.24, 2.45) is 5.92 Å².